The molecule has 0 aliphatic carbocycles. The largest absolute Gasteiger partial charge is 0.478 e. The molecule has 1 atom stereocenters. The number of halogens is 1. The second-order valence-electron chi connectivity index (χ2n) is 4.65. The van der Waals surface area contributed by atoms with Gasteiger partial charge in [-0.3, -0.25) is 0 Å². The van der Waals surface area contributed by atoms with Crippen molar-refractivity contribution in [3.8, 4) is 0 Å². The number of aromatic carboxylic acids is 1. The second kappa shape index (κ2) is 6.85. The highest BCUT2D eigenvalue weighted by Crippen LogP contribution is 2.14. The highest BCUT2D eigenvalue weighted by molar-refractivity contribution is 5.93. The van der Waals surface area contributed by atoms with Crippen molar-refractivity contribution in [1.29, 1.82) is 0 Å². The van der Waals surface area contributed by atoms with E-state index < -0.39 is 23.4 Å². The second-order valence-corrected chi connectivity index (χ2v) is 4.65. The van der Waals surface area contributed by atoms with Crippen molar-refractivity contribution in [1.82, 2.24) is 10.2 Å². The summed E-state index contributed by atoms with van der Waals surface area (Å²) < 4.78 is 13.2. The maximum absolute atomic E-state index is 13.2. The van der Waals surface area contributed by atoms with E-state index in [0.29, 0.717) is 6.54 Å². The van der Waals surface area contributed by atoms with Gasteiger partial charge in [-0.15, -0.1) is 0 Å². The van der Waals surface area contributed by atoms with Crippen LogP contribution in [0, 0.1) is 5.82 Å². The molecule has 20 heavy (non-hydrogen) atoms. The van der Waals surface area contributed by atoms with Gasteiger partial charge in [0.1, 0.15) is 5.82 Å². The van der Waals surface area contributed by atoms with Crippen molar-refractivity contribution in [2.75, 3.05) is 26.0 Å². The predicted octanol–water partition coefficient (Wildman–Crippen LogP) is 1.60. The zero-order valence-electron chi connectivity index (χ0n) is 11.6. The molecule has 0 aliphatic rings. The Labute approximate surface area is 116 Å². The molecular formula is C13H18FN3O3. The fourth-order valence-corrected chi connectivity index (χ4v) is 1.37. The van der Waals surface area contributed by atoms with Crippen LogP contribution in [0.5, 0.6) is 0 Å². The number of rotatable bonds is 5. The topological polar surface area (TPSA) is 81.7 Å². The lowest BCUT2D eigenvalue weighted by Crippen LogP contribution is -2.40. The molecule has 0 aliphatic heterocycles. The molecule has 0 bridgehead atoms. The van der Waals surface area contributed by atoms with E-state index in [1.807, 2.05) is 25.9 Å². The zero-order valence-corrected chi connectivity index (χ0v) is 11.6. The molecule has 1 aromatic carbocycles. The Bertz CT molecular complexity index is 506. The number of anilines is 1. The lowest BCUT2D eigenvalue weighted by Gasteiger charge is -2.20. The molecule has 1 aromatic rings. The summed E-state index contributed by atoms with van der Waals surface area (Å²) in [5, 5.41) is 13.9. The summed E-state index contributed by atoms with van der Waals surface area (Å²) in [6.45, 7) is 2.38. The van der Waals surface area contributed by atoms with Gasteiger partial charge in [-0.1, -0.05) is 0 Å². The highest BCUT2D eigenvalue weighted by atomic mass is 19.1. The van der Waals surface area contributed by atoms with Gasteiger partial charge in [0.05, 0.1) is 5.56 Å². The normalized spacial score (nSPS) is 12.1. The first kappa shape index (κ1) is 15.9. The van der Waals surface area contributed by atoms with Crippen LogP contribution in [-0.4, -0.2) is 48.7 Å². The molecule has 6 nitrogen and oxygen atoms in total. The van der Waals surface area contributed by atoms with Gasteiger partial charge in [0.25, 0.3) is 0 Å². The Balaban J connectivity index is 2.62. The Hall–Kier alpha value is -2.15. The molecule has 0 aromatic heterocycles. The van der Waals surface area contributed by atoms with Crippen LogP contribution in [0.3, 0.4) is 0 Å². The summed E-state index contributed by atoms with van der Waals surface area (Å²) in [7, 11) is 3.78. The summed E-state index contributed by atoms with van der Waals surface area (Å²) in [6, 6.07) is 3.07. The molecule has 0 radical (unpaired) electrons. The van der Waals surface area contributed by atoms with Crippen LogP contribution in [0.15, 0.2) is 18.2 Å². The van der Waals surface area contributed by atoms with Crippen molar-refractivity contribution >= 4 is 17.7 Å². The maximum Gasteiger partial charge on any atom is 0.338 e. The van der Waals surface area contributed by atoms with Crippen LogP contribution in [-0.2, 0) is 0 Å². The Morgan fingerprint density at radius 1 is 1.40 bits per heavy atom. The van der Waals surface area contributed by atoms with Crippen molar-refractivity contribution in [3.63, 3.8) is 0 Å². The van der Waals surface area contributed by atoms with E-state index in [2.05, 4.69) is 10.6 Å². The van der Waals surface area contributed by atoms with Crippen LogP contribution in [0.1, 0.15) is 17.3 Å². The number of carbonyl (C=O) groups excluding carboxylic acids is 1. The summed E-state index contributed by atoms with van der Waals surface area (Å²) in [5.74, 6) is -2.22. The summed E-state index contributed by atoms with van der Waals surface area (Å²) in [5.41, 5.74) is -0.261. The molecular weight excluding hydrogens is 265 g/mol. The fourth-order valence-electron chi connectivity index (χ4n) is 1.37. The van der Waals surface area contributed by atoms with Crippen molar-refractivity contribution in [3.05, 3.63) is 29.6 Å². The van der Waals surface area contributed by atoms with Crippen LogP contribution in [0.4, 0.5) is 14.9 Å². The number of nitrogens with zero attached hydrogens (tertiary/aromatic N) is 1. The van der Waals surface area contributed by atoms with Gasteiger partial charge in [-0.05, 0) is 39.2 Å². The van der Waals surface area contributed by atoms with Crippen molar-refractivity contribution in [2.24, 2.45) is 0 Å². The fraction of sp³-hybridized carbons (Fsp3) is 0.385. The third-order valence-electron chi connectivity index (χ3n) is 2.89. The van der Waals surface area contributed by atoms with Gasteiger partial charge in [0.2, 0.25) is 0 Å². The minimum Gasteiger partial charge on any atom is -0.478 e. The standard InChI is InChI=1S/C13H18FN3O3/c1-8(17(2)3)7-15-13(20)16-9-4-5-11(14)10(6-9)12(18)19/h4-6,8H,7H2,1-3H3,(H,18,19)(H2,15,16,20). The van der Waals surface area contributed by atoms with E-state index in [1.165, 1.54) is 6.07 Å². The number of carbonyl (C=O) groups is 2. The third-order valence-corrected chi connectivity index (χ3v) is 2.89. The molecule has 3 N–H and O–H groups in total. The maximum atomic E-state index is 13.2. The van der Waals surface area contributed by atoms with Crippen LogP contribution >= 0.6 is 0 Å². The van der Waals surface area contributed by atoms with E-state index >= 15 is 0 Å². The minimum absolute atomic E-state index is 0.156. The number of carboxylic acids is 1. The van der Waals surface area contributed by atoms with Crippen molar-refractivity contribution in [2.45, 2.75) is 13.0 Å². The smallest absolute Gasteiger partial charge is 0.338 e. The number of benzene rings is 1. The van der Waals surface area contributed by atoms with E-state index in [4.69, 9.17) is 5.11 Å². The molecule has 1 rings (SSSR count). The lowest BCUT2D eigenvalue weighted by molar-refractivity contribution is 0.0692. The number of carboxylic acid groups (broad SMARTS) is 1. The average Bonchev–Trinajstić information content (AvgIpc) is 2.37. The zero-order chi connectivity index (χ0) is 15.3. The number of hydrogen-bond donors (Lipinski definition) is 3. The van der Waals surface area contributed by atoms with E-state index in [9.17, 15) is 14.0 Å². The number of likely N-dealkylation sites (N-methyl/N-ethyl adjacent to an activating group) is 1. The monoisotopic (exact) mass is 283 g/mol. The molecule has 0 spiro atoms. The van der Waals surface area contributed by atoms with Gasteiger partial charge in [-0.25, -0.2) is 14.0 Å². The van der Waals surface area contributed by atoms with Crippen LogP contribution in [0.2, 0.25) is 0 Å². The molecule has 1 unspecified atom stereocenters. The number of urea groups is 1. The molecule has 110 valence electrons. The van der Waals surface area contributed by atoms with E-state index in [-0.39, 0.29) is 11.7 Å². The van der Waals surface area contributed by atoms with Gasteiger partial charge in [0.15, 0.2) is 0 Å². The third kappa shape index (κ3) is 4.51. The van der Waals surface area contributed by atoms with Crippen molar-refractivity contribution < 1.29 is 19.1 Å². The molecule has 7 heteroatoms. The van der Waals surface area contributed by atoms with E-state index in [0.717, 1.165) is 12.1 Å². The van der Waals surface area contributed by atoms with Gasteiger partial charge >= 0.3 is 12.0 Å². The summed E-state index contributed by atoms with van der Waals surface area (Å²) in [4.78, 5) is 24.3. The minimum atomic E-state index is -1.38. The number of nitrogens with one attached hydrogen (secondary N) is 2. The SMILES string of the molecule is CC(CNC(=O)Nc1ccc(F)c(C(=O)O)c1)N(C)C. The first-order chi connectivity index (χ1) is 9.31. The lowest BCUT2D eigenvalue weighted by atomic mass is 10.2. The first-order valence-corrected chi connectivity index (χ1v) is 6.05. The molecule has 0 heterocycles. The summed E-state index contributed by atoms with van der Waals surface area (Å²) in [6.07, 6.45) is 0. The Morgan fingerprint density at radius 3 is 2.60 bits per heavy atom. The highest BCUT2D eigenvalue weighted by Gasteiger charge is 2.12. The van der Waals surface area contributed by atoms with Gasteiger partial charge in [0, 0.05) is 18.3 Å². The number of amides is 2. The molecule has 0 fully saturated rings. The quantitative estimate of drug-likeness (QED) is 0.766. The van der Waals surface area contributed by atoms with Crippen LogP contribution < -0.4 is 10.6 Å². The predicted molar refractivity (Wildman–Crippen MR) is 73.5 cm³/mol. The van der Waals surface area contributed by atoms with Gasteiger partial charge < -0.3 is 20.6 Å². The Morgan fingerprint density at radius 2 is 2.05 bits per heavy atom. The average molecular weight is 283 g/mol. The molecule has 0 saturated heterocycles. The number of hydrogen-bond acceptors (Lipinski definition) is 3. The molecule has 0 saturated carbocycles. The molecule has 2 amide bonds. The summed E-state index contributed by atoms with van der Waals surface area (Å²) >= 11 is 0. The van der Waals surface area contributed by atoms with Gasteiger partial charge in [-0.2, -0.15) is 0 Å². The van der Waals surface area contributed by atoms with E-state index in [1.54, 1.807) is 0 Å². The van der Waals surface area contributed by atoms with Crippen LogP contribution in [0.25, 0.3) is 0 Å². The first-order valence-electron chi connectivity index (χ1n) is 6.05. The Kier molecular flexibility index (Phi) is 5.45.